The summed E-state index contributed by atoms with van der Waals surface area (Å²) in [6, 6.07) is 7.69. The third-order valence-electron chi connectivity index (χ3n) is 2.54. The van der Waals surface area contributed by atoms with Gasteiger partial charge in [0.1, 0.15) is 0 Å². The molecule has 2 rings (SSSR count). The Morgan fingerprint density at radius 2 is 2.00 bits per heavy atom. The highest BCUT2D eigenvalue weighted by Crippen LogP contribution is 2.20. The van der Waals surface area contributed by atoms with Gasteiger partial charge in [-0.2, -0.15) is 0 Å². The Morgan fingerprint density at radius 3 is 2.63 bits per heavy atom. The molecule has 0 aliphatic carbocycles. The van der Waals surface area contributed by atoms with E-state index in [4.69, 9.17) is 4.42 Å². The van der Waals surface area contributed by atoms with E-state index in [1.54, 1.807) is 6.92 Å². The predicted molar refractivity (Wildman–Crippen MR) is 75.4 cm³/mol. The number of nitrogens with zero attached hydrogens (tertiary/aromatic N) is 3. The van der Waals surface area contributed by atoms with E-state index >= 15 is 0 Å². The van der Waals surface area contributed by atoms with Crippen LogP contribution in [0.3, 0.4) is 0 Å². The molecule has 0 saturated carbocycles. The lowest BCUT2D eigenvalue weighted by Crippen LogP contribution is -2.26. The molecule has 0 amide bonds. The second-order valence-electron chi connectivity index (χ2n) is 4.55. The summed E-state index contributed by atoms with van der Waals surface area (Å²) >= 11 is 3.38. The molecule has 6 heteroatoms. The number of benzene rings is 1. The van der Waals surface area contributed by atoms with E-state index in [1.807, 2.05) is 36.2 Å². The summed E-state index contributed by atoms with van der Waals surface area (Å²) in [5.74, 6) is 1.05. The Kier molecular flexibility index (Phi) is 4.68. The Balaban J connectivity index is 2.04. The normalized spacial score (nSPS) is 12.9. The van der Waals surface area contributed by atoms with Gasteiger partial charge in [0.25, 0.3) is 0 Å². The fourth-order valence-corrected chi connectivity index (χ4v) is 2.04. The molecule has 5 nitrogen and oxygen atoms in total. The second kappa shape index (κ2) is 6.27. The van der Waals surface area contributed by atoms with E-state index in [0.717, 1.165) is 10.0 Å². The lowest BCUT2D eigenvalue weighted by atomic mass is 10.2. The van der Waals surface area contributed by atoms with Crippen molar-refractivity contribution in [2.24, 2.45) is 0 Å². The number of likely N-dealkylation sites (N-methyl/N-ethyl adjacent to an activating group) is 1. The highest BCUT2D eigenvalue weighted by molar-refractivity contribution is 9.10. The molecule has 0 bridgehead atoms. The van der Waals surface area contributed by atoms with Crippen LogP contribution in [0.1, 0.15) is 12.8 Å². The van der Waals surface area contributed by atoms with Gasteiger partial charge in [0.15, 0.2) is 0 Å². The van der Waals surface area contributed by atoms with Gasteiger partial charge in [0, 0.05) is 16.6 Å². The zero-order valence-electron chi connectivity index (χ0n) is 10.9. The van der Waals surface area contributed by atoms with Gasteiger partial charge in [-0.1, -0.05) is 15.9 Å². The maximum atomic E-state index is 9.30. The van der Waals surface area contributed by atoms with Crippen LogP contribution in [0.5, 0.6) is 0 Å². The molecular weight excluding hydrogens is 310 g/mol. The number of rotatable bonds is 5. The first-order chi connectivity index (χ1) is 9.04. The van der Waals surface area contributed by atoms with Crippen molar-refractivity contribution in [1.82, 2.24) is 15.1 Å². The van der Waals surface area contributed by atoms with Gasteiger partial charge in [-0.25, -0.2) is 0 Å². The van der Waals surface area contributed by atoms with Gasteiger partial charge in [-0.05, 0) is 38.2 Å². The maximum Gasteiger partial charge on any atom is 0.247 e. The number of aromatic nitrogens is 2. The first kappa shape index (κ1) is 14.2. The standard InChI is InChI=1S/C13H16BrN3O2/c1-9(18)7-17(2)8-12-15-16-13(19-12)10-3-5-11(14)6-4-10/h3-6,9,18H,7-8H2,1-2H3. The van der Waals surface area contributed by atoms with Crippen LogP contribution in [-0.4, -0.2) is 39.9 Å². The zero-order chi connectivity index (χ0) is 13.8. The minimum Gasteiger partial charge on any atom is -0.419 e. The lowest BCUT2D eigenvalue weighted by molar-refractivity contribution is 0.133. The fourth-order valence-electron chi connectivity index (χ4n) is 1.77. The molecule has 0 aliphatic heterocycles. The molecule has 1 N–H and O–H groups in total. The molecule has 0 radical (unpaired) electrons. The molecule has 0 aliphatic rings. The average molecular weight is 326 g/mol. The van der Waals surface area contributed by atoms with Gasteiger partial charge in [-0.15, -0.1) is 10.2 Å². The van der Waals surface area contributed by atoms with E-state index in [2.05, 4.69) is 26.1 Å². The summed E-state index contributed by atoms with van der Waals surface area (Å²) in [6.45, 7) is 2.84. The second-order valence-corrected chi connectivity index (χ2v) is 5.47. The molecule has 19 heavy (non-hydrogen) atoms. The SMILES string of the molecule is CC(O)CN(C)Cc1nnc(-c2ccc(Br)cc2)o1. The Labute approximate surface area is 120 Å². The Morgan fingerprint density at radius 1 is 1.32 bits per heavy atom. The Hall–Kier alpha value is -1.24. The number of aliphatic hydroxyl groups is 1. The van der Waals surface area contributed by atoms with Crippen LogP contribution in [0.2, 0.25) is 0 Å². The molecule has 0 fully saturated rings. The van der Waals surface area contributed by atoms with Gasteiger partial charge < -0.3 is 9.52 Å². The molecule has 1 aromatic carbocycles. The number of halogens is 1. The molecular formula is C13H16BrN3O2. The monoisotopic (exact) mass is 325 g/mol. The van der Waals surface area contributed by atoms with Crippen molar-refractivity contribution in [3.05, 3.63) is 34.6 Å². The summed E-state index contributed by atoms with van der Waals surface area (Å²) in [5.41, 5.74) is 0.889. The maximum absolute atomic E-state index is 9.30. The molecule has 1 heterocycles. The first-order valence-corrected chi connectivity index (χ1v) is 6.79. The first-order valence-electron chi connectivity index (χ1n) is 5.99. The molecule has 0 saturated heterocycles. The molecule has 0 spiro atoms. The van der Waals surface area contributed by atoms with Gasteiger partial charge in [-0.3, -0.25) is 4.90 Å². The molecule has 102 valence electrons. The smallest absolute Gasteiger partial charge is 0.247 e. The van der Waals surface area contributed by atoms with Crippen LogP contribution in [-0.2, 0) is 6.54 Å². The van der Waals surface area contributed by atoms with E-state index in [-0.39, 0.29) is 6.10 Å². The molecule has 1 aromatic heterocycles. The van der Waals surface area contributed by atoms with Crippen molar-refractivity contribution in [2.75, 3.05) is 13.6 Å². The summed E-state index contributed by atoms with van der Waals surface area (Å²) in [6.07, 6.45) is -0.376. The van der Waals surface area contributed by atoms with Crippen molar-refractivity contribution in [3.63, 3.8) is 0 Å². The van der Waals surface area contributed by atoms with Crippen molar-refractivity contribution in [3.8, 4) is 11.5 Å². The van der Waals surface area contributed by atoms with Crippen molar-refractivity contribution in [1.29, 1.82) is 0 Å². The largest absolute Gasteiger partial charge is 0.419 e. The van der Waals surface area contributed by atoms with Gasteiger partial charge >= 0.3 is 0 Å². The van der Waals surface area contributed by atoms with E-state index in [9.17, 15) is 5.11 Å². The van der Waals surface area contributed by atoms with Crippen LogP contribution in [0.4, 0.5) is 0 Å². The van der Waals surface area contributed by atoms with E-state index < -0.39 is 0 Å². The van der Waals surface area contributed by atoms with Gasteiger partial charge in [0.2, 0.25) is 11.8 Å². The van der Waals surface area contributed by atoms with E-state index in [0.29, 0.717) is 24.9 Å². The van der Waals surface area contributed by atoms with Crippen LogP contribution < -0.4 is 0 Å². The Bertz CT molecular complexity index is 525. The highest BCUT2D eigenvalue weighted by Gasteiger charge is 2.11. The summed E-state index contributed by atoms with van der Waals surface area (Å²) in [4.78, 5) is 1.93. The molecule has 1 atom stereocenters. The number of hydrogen-bond donors (Lipinski definition) is 1. The molecule has 2 aromatic rings. The van der Waals surface area contributed by atoms with Crippen LogP contribution in [0.15, 0.2) is 33.2 Å². The third kappa shape index (κ3) is 4.12. The van der Waals surface area contributed by atoms with Crippen molar-refractivity contribution < 1.29 is 9.52 Å². The van der Waals surface area contributed by atoms with Crippen molar-refractivity contribution in [2.45, 2.75) is 19.6 Å². The molecule has 1 unspecified atom stereocenters. The average Bonchev–Trinajstić information content (AvgIpc) is 2.77. The fraction of sp³-hybridized carbons (Fsp3) is 0.385. The van der Waals surface area contributed by atoms with Crippen LogP contribution in [0, 0.1) is 0 Å². The van der Waals surface area contributed by atoms with Crippen LogP contribution in [0.25, 0.3) is 11.5 Å². The minimum atomic E-state index is -0.376. The topological polar surface area (TPSA) is 62.4 Å². The summed E-state index contributed by atoms with van der Waals surface area (Å²) in [7, 11) is 1.90. The number of aliphatic hydroxyl groups excluding tert-OH is 1. The van der Waals surface area contributed by atoms with E-state index in [1.165, 1.54) is 0 Å². The quantitative estimate of drug-likeness (QED) is 0.914. The third-order valence-corrected chi connectivity index (χ3v) is 3.07. The summed E-state index contributed by atoms with van der Waals surface area (Å²) in [5, 5.41) is 17.3. The van der Waals surface area contributed by atoms with Gasteiger partial charge in [0.05, 0.1) is 12.6 Å². The van der Waals surface area contributed by atoms with Crippen molar-refractivity contribution >= 4 is 15.9 Å². The lowest BCUT2D eigenvalue weighted by Gasteiger charge is -2.15. The predicted octanol–water partition coefficient (Wildman–Crippen LogP) is 2.31. The number of hydrogen-bond acceptors (Lipinski definition) is 5. The minimum absolute atomic E-state index is 0.376. The van der Waals surface area contributed by atoms with Crippen LogP contribution >= 0.6 is 15.9 Å². The zero-order valence-corrected chi connectivity index (χ0v) is 12.5. The highest BCUT2D eigenvalue weighted by atomic mass is 79.9. The summed E-state index contributed by atoms with van der Waals surface area (Å²) < 4.78 is 6.61.